The predicted molar refractivity (Wildman–Crippen MR) is 135 cm³/mol. The highest BCUT2D eigenvalue weighted by atomic mass is 19.4. The van der Waals surface area contributed by atoms with Crippen LogP contribution in [0, 0.1) is 17.1 Å². The van der Waals surface area contributed by atoms with Gasteiger partial charge in [-0.15, -0.1) is 0 Å². The summed E-state index contributed by atoms with van der Waals surface area (Å²) in [6.07, 6.45) is 3.62. The van der Waals surface area contributed by atoms with Crippen molar-refractivity contribution < 1.29 is 22.4 Å². The predicted octanol–water partition coefficient (Wildman–Crippen LogP) is 2.33. The van der Waals surface area contributed by atoms with Crippen molar-refractivity contribution >= 4 is 17.9 Å². The molecule has 1 unspecified atom stereocenters. The first-order chi connectivity index (χ1) is 19.2. The summed E-state index contributed by atoms with van der Waals surface area (Å²) >= 11 is 0. The van der Waals surface area contributed by atoms with Crippen LogP contribution in [0.2, 0.25) is 0 Å². The molecule has 14 heteroatoms. The first kappa shape index (κ1) is 26.4. The van der Waals surface area contributed by atoms with Gasteiger partial charge in [0.05, 0.1) is 36.3 Å². The van der Waals surface area contributed by atoms with Gasteiger partial charge in [-0.1, -0.05) is 0 Å². The Morgan fingerprint density at radius 1 is 1.25 bits per heavy atom. The van der Waals surface area contributed by atoms with E-state index in [0.717, 1.165) is 36.5 Å². The Balaban J connectivity index is 1.10. The van der Waals surface area contributed by atoms with Gasteiger partial charge in [-0.05, 0) is 30.9 Å². The SMILES string of the molecule is N#CCC1(n2cc(C3=C4CCNC4N=CN3)cn2)CN(C2CCN(C(=O)c3ccnc(C(F)(F)F)c3F)CC2)C1. The number of halogens is 4. The lowest BCUT2D eigenvalue weighted by Crippen LogP contribution is -2.66. The fourth-order valence-electron chi connectivity index (χ4n) is 6.12. The molecule has 0 spiro atoms. The number of pyridine rings is 1. The lowest BCUT2D eigenvalue weighted by molar-refractivity contribution is -0.143. The minimum atomic E-state index is -4.98. The molecule has 1 amide bonds. The number of fused-ring (bicyclic) bond motifs is 1. The topological polar surface area (TPSA) is 114 Å². The molecule has 3 fully saturated rings. The van der Waals surface area contributed by atoms with E-state index >= 15 is 0 Å². The van der Waals surface area contributed by atoms with Crippen LogP contribution in [0.5, 0.6) is 0 Å². The number of aromatic nitrogens is 3. The summed E-state index contributed by atoms with van der Waals surface area (Å²) in [6, 6.07) is 3.41. The molecule has 6 heterocycles. The summed E-state index contributed by atoms with van der Waals surface area (Å²) in [5, 5.41) is 20.8. The quantitative estimate of drug-likeness (QED) is 0.543. The lowest BCUT2D eigenvalue weighted by atomic mass is 9.83. The third kappa shape index (κ3) is 4.52. The zero-order valence-electron chi connectivity index (χ0n) is 21.5. The third-order valence-electron chi connectivity index (χ3n) is 8.23. The first-order valence-electron chi connectivity index (χ1n) is 13.1. The summed E-state index contributed by atoms with van der Waals surface area (Å²) in [5.74, 6) is -2.41. The van der Waals surface area contributed by atoms with E-state index in [0.29, 0.717) is 39.0 Å². The smallest absolute Gasteiger partial charge is 0.346 e. The highest BCUT2D eigenvalue weighted by Gasteiger charge is 2.48. The molecule has 40 heavy (non-hydrogen) atoms. The molecule has 6 rings (SSSR count). The number of carbonyl (C=O) groups is 1. The molecule has 0 saturated carbocycles. The van der Waals surface area contributed by atoms with E-state index in [2.05, 4.69) is 36.7 Å². The van der Waals surface area contributed by atoms with Crippen LogP contribution >= 0.6 is 0 Å². The molecule has 0 aliphatic carbocycles. The number of hydrogen-bond acceptors (Lipinski definition) is 8. The van der Waals surface area contributed by atoms with Crippen LogP contribution in [0.15, 0.2) is 35.2 Å². The molecule has 10 nitrogen and oxygen atoms in total. The Morgan fingerprint density at radius 2 is 2.02 bits per heavy atom. The molecular formula is C26H27F4N9O. The molecule has 2 N–H and O–H groups in total. The lowest BCUT2D eigenvalue weighted by Gasteiger charge is -2.53. The van der Waals surface area contributed by atoms with Gasteiger partial charge in [0.25, 0.3) is 5.91 Å². The van der Waals surface area contributed by atoms with Crippen LogP contribution in [0.1, 0.15) is 47.3 Å². The number of aliphatic imine (C=N–C) groups is 1. The molecule has 0 bridgehead atoms. The van der Waals surface area contributed by atoms with Crippen LogP contribution in [-0.4, -0.2) is 81.7 Å². The summed E-state index contributed by atoms with van der Waals surface area (Å²) in [6.45, 7) is 2.66. The maximum atomic E-state index is 14.5. The van der Waals surface area contributed by atoms with Crippen molar-refractivity contribution in [1.82, 2.24) is 35.2 Å². The summed E-state index contributed by atoms with van der Waals surface area (Å²) in [7, 11) is 0. The van der Waals surface area contributed by atoms with Crippen molar-refractivity contribution in [3.05, 3.63) is 52.9 Å². The van der Waals surface area contributed by atoms with E-state index in [-0.39, 0.29) is 18.6 Å². The summed E-state index contributed by atoms with van der Waals surface area (Å²) in [5.41, 5.74) is 0.332. The molecule has 4 aliphatic heterocycles. The molecule has 0 radical (unpaired) electrons. The van der Waals surface area contributed by atoms with Crippen LogP contribution in [0.25, 0.3) is 5.70 Å². The zero-order valence-corrected chi connectivity index (χ0v) is 21.5. The number of nitrogens with zero attached hydrogens (tertiary/aromatic N) is 7. The van der Waals surface area contributed by atoms with Gasteiger partial charge in [0.2, 0.25) is 0 Å². The third-order valence-corrected chi connectivity index (χ3v) is 8.23. The molecule has 2 aromatic heterocycles. The number of carbonyl (C=O) groups excluding carboxylic acids is 1. The Hall–Kier alpha value is -3.83. The maximum Gasteiger partial charge on any atom is 0.436 e. The van der Waals surface area contributed by atoms with E-state index in [9.17, 15) is 27.6 Å². The number of rotatable bonds is 5. The average molecular weight is 558 g/mol. The second-order valence-corrected chi connectivity index (χ2v) is 10.6. The Kier molecular flexibility index (Phi) is 6.58. The Bertz CT molecular complexity index is 1410. The van der Waals surface area contributed by atoms with Crippen molar-refractivity contribution in [3.63, 3.8) is 0 Å². The highest BCUT2D eigenvalue weighted by molar-refractivity contribution is 5.94. The molecule has 1 atom stereocenters. The number of amides is 1. The molecule has 2 aromatic rings. The second kappa shape index (κ2) is 9.97. The molecule has 4 aliphatic rings. The summed E-state index contributed by atoms with van der Waals surface area (Å²) < 4.78 is 55.4. The first-order valence-corrected chi connectivity index (χ1v) is 13.1. The van der Waals surface area contributed by atoms with Crippen LogP contribution in [-0.2, 0) is 11.7 Å². The Morgan fingerprint density at radius 3 is 2.75 bits per heavy atom. The fraction of sp³-hybridized carbons (Fsp3) is 0.500. The van der Waals surface area contributed by atoms with Crippen molar-refractivity contribution in [1.29, 1.82) is 5.26 Å². The van der Waals surface area contributed by atoms with Gasteiger partial charge < -0.3 is 10.2 Å². The number of alkyl halides is 3. The summed E-state index contributed by atoms with van der Waals surface area (Å²) in [4.78, 5) is 24.0. The van der Waals surface area contributed by atoms with Gasteiger partial charge in [0.15, 0.2) is 11.5 Å². The van der Waals surface area contributed by atoms with E-state index in [1.54, 1.807) is 12.5 Å². The van der Waals surface area contributed by atoms with Gasteiger partial charge >= 0.3 is 6.18 Å². The van der Waals surface area contributed by atoms with E-state index in [1.807, 2.05) is 10.9 Å². The van der Waals surface area contributed by atoms with Gasteiger partial charge in [0.1, 0.15) is 11.7 Å². The largest absolute Gasteiger partial charge is 0.436 e. The van der Waals surface area contributed by atoms with Gasteiger partial charge in [0, 0.05) is 56.7 Å². The van der Waals surface area contributed by atoms with Crippen molar-refractivity contribution in [2.24, 2.45) is 4.99 Å². The standard InChI is InChI=1S/C26H27F4N9O/c27-20-18(1-7-32-22(20)26(28,29)30)24(40)37-9-3-17(4-10-37)38-13-25(14-38,5-6-31)39-12-16(11-36-39)21-19-2-8-33-23(19)35-15-34-21/h1,7,11-12,15,17,23,33H,2-5,8-10,13-14H2,(H,34,35). The van der Waals surface area contributed by atoms with Crippen molar-refractivity contribution in [2.45, 2.75) is 49.6 Å². The van der Waals surface area contributed by atoms with Crippen LogP contribution in [0.3, 0.4) is 0 Å². The molecule has 3 saturated heterocycles. The van der Waals surface area contributed by atoms with E-state index in [1.165, 1.54) is 10.5 Å². The fourth-order valence-corrected chi connectivity index (χ4v) is 6.12. The minimum Gasteiger partial charge on any atom is -0.346 e. The molecule has 0 aromatic carbocycles. The van der Waals surface area contributed by atoms with Gasteiger partial charge in [-0.3, -0.25) is 24.7 Å². The normalized spacial score (nSPS) is 23.0. The van der Waals surface area contributed by atoms with E-state index < -0.39 is 34.7 Å². The number of nitrogens with one attached hydrogen (secondary N) is 2. The van der Waals surface area contributed by atoms with Crippen molar-refractivity contribution in [3.8, 4) is 6.07 Å². The number of likely N-dealkylation sites (tertiary alicyclic amines) is 2. The Labute approximate surface area is 227 Å². The van der Waals surface area contributed by atoms with Crippen LogP contribution < -0.4 is 10.6 Å². The second-order valence-electron chi connectivity index (χ2n) is 10.6. The molecular weight excluding hydrogens is 530 g/mol. The zero-order chi connectivity index (χ0) is 28.1. The van der Waals surface area contributed by atoms with Gasteiger partial charge in [-0.2, -0.15) is 23.5 Å². The highest BCUT2D eigenvalue weighted by Crippen LogP contribution is 2.37. The molecule has 210 valence electrons. The monoisotopic (exact) mass is 557 g/mol. The maximum absolute atomic E-state index is 14.5. The minimum absolute atomic E-state index is 0.0219. The number of hydrogen-bond donors (Lipinski definition) is 2. The van der Waals surface area contributed by atoms with Crippen LogP contribution in [0.4, 0.5) is 17.6 Å². The number of piperidine rings is 1. The van der Waals surface area contributed by atoms with Gasteiger partial charge in [-0.25, -0.2) is 9.37 Å². The average Bonchev–Trinajstić information content (AvgIpc) is 3.60. The van der Waals surface area contributed by atoms with E-state index in [4.69, 9.17) is 0 Å². The van der Waals surface area contributed by atoms with Crippen molar-refractivity contribution in [2.75, 3.05) is 32.7 Å². The number of nitriles is 1.